The van der Waals surface area contributed by atoms with Gasteiger partial charge >= 0.3 is 0 Å². The van der Waals surface area contributed by atoms with E-state index in [9.17, 15) is 4.79 Å². The molecular weight excluding hydrogens is 340 g/mol. The van der Waals surface area contributed by atoms with Gasteiger partial charge in [0.1, 0.15) is 5.78 Å². The maximum atomic E-state index is 9.44. The van der Waals surface area contributed by atoms with Crippen molar-refractivity contribution in [2.75, 3.05) is 26.4 Å². The van der Waals surface area contributed by atoms with Crippen molar-refractivity contribution < 1.29 is 19.7 Å². The van der Waals surface area contributed by atoms with Gasteiger partial charge in [-0.3, -0.25) is 0 Å². The molecule has 0 aliphatic rings. The summed E-state index contributed by atoms with van der Waals surface area (Å²) < 4.78 is 4.83. The first-order chi connectivity index (χ1) is 12.9. The van der Waals surface area contributed by atoms with Crippen molar-refractivity contribution in [1.29, 1.82) is 0 Å². The van der Waals surface area contributed by atoms with Crippen LogP contribution in [0.1, 0.15) is 81.1 Å². The molecule has 0 amide bonds. The highest BCUT2D eigenvalue weighted by Gasteiger charge is 1.75. The SMILES string of the molecule is CC(C)=O.CCCCCC.CCO.CCO.CCOCC.c1ccccc1. The van der Waals surface area contributed by atoms with E-state index >= 15 is 0 Å². The van der Waals surface area contributed by atoms with E-state index in [1.54, 1.807) is 13.8 Å². The molecule has 164 valence electrons. The van der Waals surface area contributed by atoms with Gasteiger partial charge in [-0.1, -0.05) is 75.9 Å². The number of carbonyl (C=O) groups is 1. The molecule has 27 heavy (non-hydrogen) atoms. The molecule has 0 saturated carbocycles. The Morgan fingerprint density at radius 2 is 0.852 bits per heavy atom. The highest BCUT2D eigenvalue weighted by molar-refractivity contribution is 5.72. The molecule has 0 fully saturated rings. The molecule has 1 rings (SSSR count). The Hall–Kier alpha value is -1.23. The summed E-state index contributed by atoms with van der Waals surface area (Å²) in [7, 11) is 0. The molecular formula is C23H48O4. The Balaban J connectivity index is -0.0000000735. The monoisotopic (exact) mass is 388 g/mol. The number of rotatable bonds is 5. The Kier molecular flexibility index (Phi) is 67.6. The zero-order valence-corrected chi connectivity index (χ0v) is 19.3. The highest BCUT2D eigenvalue weighted by atomic mass is 16.5. The molecule has 0 atom stereocenters. The van der Waals surface area contributed by atoms with Crippen LogP contribution in [-0.2, 0) is 9.53 Å². The third-order valence-corrected chi connectivity index (χ3v) is 2.03. The number of Topliss-reactive ketones (excluding diaryl/α,β-unsaturated/α-hetero) is 1. The van der Waals surface area contributed by atoms with Gasteiger partial charge in [0.2, 0.25) is 0 Å². The molecule has 1 aromatic carbocycles. The van der Waals surface area contributed by atoms with Crippen LogP contribution >= 0.6 is 0 Å². The topological polar surface area (TPSA) is 66.8 Å². The zero-order chi connectivity index (χ0) is 22.2. The van der Waals surface area contributed by atoms with Crippen LogP contribution < -0.4 is 0 Å². The summed E-state index contributed by atoms with van der Waals surface area (Å²) in [4.78, 5) is 9.44. The van der Waals surface area contributed by atoms with Crippen molar-refractivity contribution in [2.24, 2.45) is 0 Å². The van der Waals surface area contributed by atoms with E-state index in [2.05, 4.69) is 13.8 Å². The van der Waals surface area contributed by atoms with Gasteiger partial charge in [0, 0.05) is 26.4 Å². The van der Waals surface area contributed by atoms with E-state index in [1.165, 1.54) is 39.5 Å². The normalized spacial score (nSPS) is 7.63. The lowest BCUT2D eigenvalue weighted by molar-refractivity contribution is -0.114. The van der Waals surface area contributed by atoms with E-state index in [0.29, 0.717) is 0 Å². The van der Waals surface area contributed by atoms with Crippen LogP contribution in [0.3, 0.4) is 0 Å². The van der Waals surface area contributed by atoms with E-state index in [0.717, 1.165) is 13.2 Å². The van der Waals surface area contributed by atoms with Gasteiger partial charge in [-0.25, -0.2) is 0 Å². The average molecular weight is 389 g/mol. The summed E-state index contributed by atoms with van der Waals surface area (Å²) in [6, 6.07) is 12.0. The predicted octanol–water partition coefficient (Wildman–Crippen LogP) is 5.91. The minimum atomic E-state index is 0.167. The number of benzene rings is 1. The lowest BCUT2D eigenvalue weighted by atomic mass is 10.2. The number of unbranched alkanes of at least 4 members (excludes halogenated alkanes) is 3. The first-order valence-corrected chi connectivity index (χ1v) is 10.2. The van der Waals surface area contributed by atoms with Crippen molar-refractivity contribution in [3.8, 4) is 0 Å². The summed E-state index contributed by atoms with van der Waals surface area (Å²) in [6.07, 6.45) is 5.54. The molecule has 4 heteroatoms. The largest absolute Gasteiger partial charge is 0.397 e. The maximum Gasteiger partial charge on any atom is 0.126 e. The van der Waals surface area contributed by atoms with Crippen molar-refractivity contribution in [1.82, 2.24) is 0 Å². The lowest BCUT2D eigenvalue weighted by Gasteiger charge is -1.86. The summed E-state index contributed by atoms with van der Waals surface area (Å²) in [6.45, 7) is 17.0. The summed E-state index contributed by atoms with van der Waals surface area (Å²) in [5, 5.41) is 15.1. The molecule has 0 heterocycles. The maximum absolute atomic E-state index is 9.44. The zero-order valence-electron chi connectivity index (χ0n) is 19.3. The van der Waals surface area contributed by atoms with Crippen LogP contribution in [0, 0.1) is 0 Å². The summed E-state index contributed by atoms with van der Waals surface area (Å²) in [5.74, 6) is 0.167. The van der Waals surface area contributed by atoms with Gasteiger partial charge in [0.25, 0.3) is 0 Å². The predicted molar refractivity (Wildman–Crippen MR) is 120 cm³/mol. The Morgan fingerprint density at radius 1 is 0.667 bits per heavy atom. The van der Waals surface area contributed by atoms with E-state index in [4.69, 9.17) is 14.9 Å². The molecule has 0 radical (unpaired) electrons. The van der Waals surface area contributed by atoms with Gasteiger partial charge in [0.15, 0.2) is 0 Å². The van der Waals surface area contributed by atoms with Crippen LogP contribution in [0.4, 0.5) is 0 Å². The Morgan fingerprint density at radius 3 is 0.926 bits per heavy atom. The summed E-state index contributed by atoms with van der Waals surface area (Å²) >= 11 is 0. The average Bonchev–Trinajstić information content (AvgIpc) is 2.64. The third-order valence-electron chi connectivity index (χ3n) is 2.03. The van der Waals surface area contributed by atoms with Crippen molar-refractivity contribution in [3.63, 3.8) is 0 Å². The van der Waals surface area contributed by atoms with Crippen molar-refractivity contribution >= 4 is 5.78 Å². The van der Waals surface area contributed by atoms with Gasteiger partial charge in [-0.05, 0) is 41.5 Å². The first-order valence-electron chi connectivity index (χ1n) is 10.2. The minimum Gasteiger partial charge on any atom is -0.397 e. The lowest BCUT2D eigenvalue weighted by Crippen LogP contribution is -1.84. The molecule has 0 saturated heterocycles. The van der Waals surface area contributed by atoms with Crippen LogP contribution in [-0.4, -0.2) is 42.4 Å². The second-order valence-electron chi connectivity index (χ2n) is 5.18. The quantitative estimate of drug-likeness (QED) is 0.615. The highest BCUT2D eigenvalue weighted by Crippen LogP contribution is 1.95. The molecule has 0 bridgehead atoms. The third kappa shape index (κ3) is 135. The van der Waals surface area contributed by atoms with Gasteiger partial charge < -0.3 is 19.7 Å². The number of ether oxygens (including phenoxy) is 1. The molecule has 4 nitrogen and oxygen atoms in total. The number of aliphatic hydroxyl groups excluding tert-OH is 2. The standard InChI is InChI=1S/C6H6.C6H14.C4H10O.C3H6O.2C2H6O/c1-2-4-6-5-3-1;1-3-5-6-4-2;1-3-5-4-2;1-3(2)4;2*1-2-3/h1-6H;3-6H2,1-2H3;3-4H2,1-2H3;1-2H3;2*3H,2H2,1H3. The summed E-state index contributed by atoms with van der Waals surface area (Å²) in [5.41, 5.74) is 0. The van der Waals surface area contributed by atoms with Crippen LogP contribution in [0.15, 0.2) is 36.4 Å². The second kappa shape index (κ2) is 49.8. The van der Waals surface area contributed by atoms with Crippen LogP contribution in [0.25, 0.3) is 0 Å². The van der Waals surface area contributed by atoms with Crippen molar-refractivity contribution in [2.45, 2.75) is 81.1 Å². The Labute approximate surface area is 170 Å². The Bertz CT molecular complexity index is 251. The number of hydrogen-bond donors (Lipinski definition) is 2. The number of aliphatic hydroxyl groups is 2. The van der Waals surface area contributed by atoms with Crippen LogP contribution in [0.5, 0.6) is 0 Å². The number of hydrogen-bond acceptors (Lipinski definition) is 4. The molecule has 1 aromatic rings. The first kappa shape index (κ1) is 36.7. The van der Waals surface area contributed by atoms with Gasteiger partial charge in [-0.15, -0.1) is 0 Å². The number of ketones is 1. The molecule has 0 aliphatic heterocycles. The second-order valence-corrected chi connectivity index (χ2v) is 5.18. The fourth-order valence-electron chi connectivity index (χ4n) is 1.09. The molecule has 2 N–H and O–H groups in total. The van der Waals surface area contributed by atoms with Gasteiger partial charge in [0.05, 0.1) is 0 Å². The van der Waals surface area contributed by atoms with E-state index in [-0.39, 0.29) is 19.0 Å². The molecule has 0 unspecified atom stereocenters. The molecule has 0 aromatic heterocycles. The van der Waals surface area contributed by atoms with E-state index < -0.39 is 0 Å². The molecule has 0 spiro atoms. The van der Waals surface area contributed by atoms with Crippen molar-refractivity contribution in [3.05, 3.63) is 36.4 Å². The fourth-order valence-corrected chi connectivity index (χ4v) is 1.09. The van der Waals surface area contributed by atoms with E-state index in [1.807, 2.05) is 50.2 Å². The van der Waals surface area contributed by atoms with Crippen LogP contribution in [0.2, 0.25) is 0 Å². The molecule has 0 aliphatic carbocycles. The fraction of sp³-hybridized carbons (Fsp3) is 0.696. The smallest absolute Gasteiger partial charge is 0.126 e. The number of carbonyl (C=O) groups excluding carboxylic acids is 1. The minimum absolute atomic E-state index is 0.167. The van der Waals surface area contributed by atoms with Gasteiger partial charge in [-0.2, -0.15) is 0 Å².